The van der Waals surface area contributed by atoms with Crippen molar-refractivity contribution in [1.29, 1.82) is 0 Å². The van der Waals surface area contributed by atoms with E-state index in [0.29, 0.717) is 16.3 Å². The second-order valence-electron chi connectivity index (χ2n) is 5.38. The highest BCUT2D eigenvalue weighted by Gasteiger charge is 2.18. The molecular formula is C16H14Cl2N2O3S2. The largest absolute Gasteiger partial charge is 0.308 e. The van der Waals surface area contributed by atoms with E-state index in [2.05, 4.69) is 4.72 Å². The number of rotatable bonds is 5. The summed E-state index contributed by atoms with van der Waals surface area (Å²) in [6.45, 7) is 2.58. The summed E-state index contributed by atoms with van der Waals surface area (Å²) in [5.41, 5.74) is 0.933. The Morgan fingerprint density at radius 3 is 2.64 bits per heavy atom. The summed E-state index contributed by atoms with van der Waals surface area (Å²) in [5, 5.41) is 0.611. The predicted molar refractivity (Wildman–Crippen MR) is 104 cm³/mol. The third kappa shape index (κ3) is 3.69. The van der Waals surface area contributed by atoms with Crippen LogP contribution in [0.4, 0.5) is 5.69 Å². The van der Waals surface area contributed by atoms with Crippen LogP contribution < -0.4 is 9.60 Å². The van der Waals surface area contributed by atoms with Crippen LogP contribution in [0.15, 0.2) is 46.1 Å². The Bertz CT molecular complexity index is 1100. The number of benzene rings is 2. The van der Waals surface area contributed by atoms with Gasteiger partial charge in [-0.1, -0.05) is 41.5 Å². The fourth-order valence-electron chi connectivity index (χ4n) is 2.43. The molecule has 0 unspecified atom stereocenters. The van der Waals surface area contributed by atoms with Crippen molar-refractivity contribution in [3.63, 3.8) is 0 Å². The van der Waals surface area contributed by atoms with Crippen LogP contribution in [-0.4, -0.2) is 13.0 Å². The first kappa shape index (κ1) is 18.3. The number of anilines is 1. The average Bonchev–Trinajstić information content (AvgIpc) is 2.86. The van der Waals surface area contributed by atoms with Crippen molar-refractivity contribution in [2.75, 3.05) is 4.72 Å². The van der Waals surface area contributed by atoms with Crippen molar-refractivity contribution >= 4 is 60.5 Å². The smallest absolute Gasteiger partial charge is 0.299 e. The molecule has 1 N–H and O–H groups in total. The SMILES string of the molecule is CCCn1c(=O)sc2cc(S(=O)(=O)Nc3cc(Cl)ccc3Cl)ccc21. The van der Waals surface area contributed by atoms with Crippen LogP contribution in [0.2, 0.25) is 10.0 Å². The van der Waals surface area contributed by atoms with Gasteiger partial charge in [-0.25, -0.2) is 8.42 Å². The van der Waals surface area contributed by atoms with Gasteiger partial charge in [0.15, 0.2) is 0 Å². The first-order valence-electron chi connectivity index (χ1n) is 7.43. The van der Waals surface area contributed by atoms with Gasteiger partial charge in [0.25, 0.3) is 10.0 Å². The highest BCUT2D eigenvalue weighted by atomic mass is 35.5. The lowest BCUT2D eigenvalue weighted by Gasteiger charge is -2.10. The molecule has 0 aliphatic rings. The standard InChI is InChI=1S/C16H14Cl2N2O3S2/c1-2-7-20-14-6-4-11(9-15(14)24-16(20)21)25(22,23)19-13-8-10(17)3-5-12(13)18/h3-6,8-9,19H,2,7H2,1H3. The van der Waals surface area contributed by atoms with E-state index < -0.39 is 10.0 Å². The van der Waals surface area contributed by atoms with E-state index in [1.165, 1.54) is 24.3 Å². The van der Waals surface area contributed by atoms with Gasteiger partial charge in [-0.3, -0.25) is 14.1 Å². The minimum absolute atomic E-state index is 0.0564. The van der Waals surface area contributed by atoms with Gasteiger partial charge in [0, 0.05) is 11.6 Å². The molecule has 1 heterocycles. The van der Waals surface area contributed by atoms with E-state index >= 15 is 0 Å². The average molecular weight is 417 g/mol. The molecule has 9 heteroatoms. The number of nitrogens with zero attached hydrogens (tertiary/aromatic N) is 1. The van der Waals surface area contributed by atoms with Crippen molar-refractivity contribution in [1.82, 2.24) is 4.57 Å². The minimum Gasteiger partial charge on any atom is -0.299 e. The fourth-order valence-corrected chi connectivity index (χ4v) is 4.95. The quantitative estimate of drug-likeness (QED) is 0.661. The Labute approximate surface area is 158 Å². The zero-order chi connectivity index (χ0) is 18.2. The van der Waals surface area contributed by atoms with Crippen molar-refractivity contribution in [2.24, 2.45) is 0 Å². The summed E-state index contributed by atoms with van der Waals surface area (Å²) < 4.78 is 30.0. The minimum atomic E-state index is -3.86. The maximum absolute atomic E-state index is 12.6. The van der Waals surface area contributed by atoms with Gasteiger partial charge >= 0.3 is 4.87 Å². The summed E-state index contributed by atoms with van der Waals surface area (Å²) >= 11 is 12.9. The topological polar surface area (TPSA) is 68.2 Å². The second kappa shape index (κ2) is 6.99. The molecule has 0 bridgehead atoms. The van der Waals surface area contributed by atoms with Gasteiger partial charge in [-0.05, 0) is 42.8 Å². The molecule has 0 aliphatic heterocycles. The molecule has 0 saturated heterocycles. The molecule has 132 valence electrons. The highest BCUT2D eigenvalue weighted by Crippen LogP contribution is 2.29. The predicted octanol–water partition coefficient (Wildman–Crippen LogP) is 4.58. The second-order valence-corrected chi connectivity index (χ2v) is 8.90. The zero-order valence-corrected chi connectivity index (χ0v) is 16.3. The number of hydrogen-bond acceptors (Lipinski definition) is 4. The molecule has 2 aromatic carbocycles. The highest BCUT2D eigenvalue weighted by molar-refractivity contribution is 7.92. The van der Waals surface area contributed by atoms with Crippen molar-refractivity contribution in [3.8, 4) is 0 Å². The van der Waals surface area contributed by atoms with Crippen LogP contribution in [0.5, 0.6) is 0 Å². The third-order valence-electron chi connectivity index (χ3n) is 3.57. The van der Waals surface area contributed by atoms with Crippen molar-refractivity contribution < 1.29 is 8.42 Å². The van der Waals surface area contributed by atoms with Crippen LogP contribution in [0.3, 0.4) is 0 Å². The summed E-state index contributed by atoms with van der Waals surface area (Å²) in [4.78, 5) is 12.0. The Balaban J connectivity index is 2.03. The number of thiazole rings is 1. The van der Waals surface area contributed by atoms with Gasteiger partial charge in [-0.15, -0.1) is 0 Å². The number of nitrogens with one attached hydrogen (secondary N) is 1. The molecule has 0 atom stereocenters. The van der Waals surface area contributed by atoms with Gasteiger partial charge < -0.3 is 0 Å². The maximum Gasteiger partial charge on any atom is 0.308 e. The van der Waals surface area contributed by atoms with Gasteiger partial charge in [-0.2, -0.15) is 0 Å². The number of fused-ring (bicyclic) bond motifs is 1. The van der Waals surface area contributed by atoms with E-state index in [4.69, 9.17) is 23.2 Å². The molecular weight excluding hydrogens is 403 g/mol. The van der Waals surface area contributed by atoms with Crippen LogP contribution in [0.1, 0.15) is 13.3 Å². The van der Waals surface area contributed by atoms with Crippen molar-refractivity contribution in [3.05, 3.63) is 56.1 Å². The monoisotopic (exact) mass is 416 g/mol. The Hall–Kier alpha value is -1.54. The number of halogens is 2. The lowest BCUT2D eigenvalue weighted by Crippen LogP contribution is -2.13. The Morgan fingerprint density at radius 2 is 1.92 bits per heavy atom. The van der Waals surface area contributed by atoms with Crippen LogP contribution >= 0.6 is 34.5 Å². The lowest BCUT2D eigenvalue weighted by atomic mass is 10.3. The molecule has 0 saturated carbocycles. The molecule has 5 nitrogen and oxygen atoms in total. The summed E-state index contributed by atoms with van der Waals surface area (Å²) in [7, 11) is -3.86. The number of sulfonamides is 1. The molecule has 0 spiro atoms. The summed E-state index contributed by atoms with van der Waals surface area (Å²) in [6.07, 6.45) is 0.820. The first-order chi connectivity index (χ1) is 11.8. The van der Waals surface area contributed by atoms with E-state index in [0.717, 1.165) is 23.3 Å². The van der Waals surface area contributed by atoms with E-state index in [1.54, 1.807) is 16.7 Å². The molecule has 0 aliphatic carbocycles. The van der Waals surface area contributed by atoms with Gasteiger partial charge in [0.05, 0.1) is 25.8 Å². The molecule has 0 radical (unpaired) electrons. The van der Waals surface area contributed by atoms with Crippen LogP contribution in [0.25, 0.3) is 10.2 Å². The first-order valence-corrected chi connectivity index (χ1v) is 10.5. The van der Waals surface area contributed by atoms with Gasteiger partial charge in [0.2, 0.25) is 0 Å². The van der Waals surface area contributed by atoms with E-state index in [1.807, 2.05) is 6.92 Å². The molecule has 1 aromatic heterocycles. The van der Waals surface area contributed by atoms with Crippen LogP contribution in [0, 0.1) is 0 Å². The summed E-state index contributed by atoms with van der Waals surface area (Å²) in [6, 6.07) is 9.14. The van der Waals surface area contributed by atoms with E-state index in [9.17, 15) is 13.2 Å². The van der Waals surface area contributed by atoms with E-state index in [-0.39, 0.29) is 20.5 Å². The molecule has 25 heavy (non-hydrogen) atoms. The molecule has 0 amide bonds. The maximum atomic E-state index is 12.6. The number of aryl methyl sites for hydroxylation is 1. The van der Waals surface area contributed by atoms with Crippen LogP contribution in [-0.2, 0) is 16.6 Å². The Morgan fingerprint density at radius 1 is 1.16 bits per heavy atom. The molecule has 0 fully saturated rings. The molecule has 3 aromatic rings. The number of hydrogen-bond donors (Lipinski definition) is 1. The Kier molecular flexibility index (Phi) is 5.11. The van der Waals surface area contributed by atoms with Gasteiger partial charge in [0.1, 0.15) is 0 Å². The fraction of sp³-hybridized carbons (Fsp3) is 0.188. The summed E-state index contributed by atoms with van der Waals surface area (Å²) in [5.74, 6) is 0. The molecule has 3 rings (SSSR count). The lowest BCUT2D eigenvalue weighted by molar-refractivity contribution is 0.601. The van der Waals surface area contributed by atoms with Crippen molar-refractivity contribution in [2.45, 2.75) is 24.8 Å². The number of aromatic nitrogens is 1. The zero-order valence-electron chi connectivity index (χ0n) is 13.1. The third-order valence-corrected chi connectivity index (χ3v) is 6.44. The normalized spacial score (nSPS) is 11.8.